The largest absolute Gasteiger partial charge is 0.606 e. The van der Waals surface area contributed by atoms with Gasteiger partial charge in [0.25, 0.3) is 0 Å². The lowest BCUT2D eigenvalue weighted by atomic mass is 10.5. The van der Waals surface area contributed by atoms with Gasteiger partial charge in [0.1, 0.15) is 6.54 Å². The van der Waals surface area contributed by atoms with Crippen molar-refractivity contribution in [2.24, 2.45) is 5.10 Å². The Labute approximate surface area is 35.8 Å². The average molecular weight is 86.1 g/mol. The highest BCUT2D eigenvalue weighted by Gasteiger charge is 1.96. The van der Waals surface area contributed by atoms with Gasteiger partial charge in [-0.25, -0.2) is 5.17 Å². The Morgan fingerprint density at radius 2 is 2.67 bits per heavy atom. The molecular weight excluding hydrogens is 80.0 g/mol. The molecule has 0 aliphatic carbocycles. The van der Waals surface area contributed by atoms with Crippen LogP contribution in [0.5, 0.6) is 0 Å². The zero-order valence-electron chi connectivity index (χ0n) is 3.35. The van der Waals surface area contributed by atoms with Crippen LogP contribution in [0.2, 0.25) is 0 Å². The summed E-state index contributed by atoms with van der Waals surface area (Å²) in [6.07, 6.45) is 2.50. The van der Waals surface area contributed by atoms with E-state index in [-0.39, 0.29) is 5.17 Å². The number of quaternary nitrogens is 1. The van der Waals surface area contributed by atoms with Gasteiger partial charge in [-0.05, 0) is 0 Å². The molecule has 34 valence electrons. The quantitative estimate of drug-likeness (QED) is 0.368. The highest BCUT2D eigenvalue weighted by atomic mass is 16.5. The topological polar surface area (TPSA) is 39.9 Å². The van der Waals surface area contributed by atoms with Crippen LogP contribution in [-0.2, 0) is 0 Å². The molecule has 1 atom stereocenters. The van der Waals surface area contributed by atoms with Gasteiger partial charge in [0.15, 0.2) is 0 Å². The molecule has 0 amide bonds. The van der Waals surface area contributed by atoms with E-state index in [1.165, 1.54) is 0 Å². The fraction of sp³-hybridized carbons (Fsp3) is 0.667. The lowest BCUT2D eigenvalue weighted by Crippen LogP contribution is -3.00. The second-order valence-electron chi connectivity index (χ2n) is 1.24. The Morgan fingerprint density at radius 3 is 2.83 bits per heavy atom. The molecule has 1 N–H and O–H groups in total. The Morgan fingerprint density at radius 1 is 1.83 bits per heavy atom. The van der Waals surface area contributed by atoms with Gasteiger partial charge < -0.3 is 5.21 Å². The molecule has 0 aromatic heterocycles. The van der Waals surface area contributed by atoms with Crippen molar-refractivity contribution in [2.45, 2.75) is 6.42 Å². The van der Waals surface area contributed by atoms with Crippen LogP contribution in [0.3, 0.4) is 0 Å². The third-order valence-corrected chi connectivity index (χ3v) is 0.723. The number of hydrogen-bond acceptors (Lipinski definition) is 2. The first-order valence-corrected chi connectivity index (χ1v) is 1.95. The van der Waals surface area contributed by atoms with E-state index in [1.807, 2.05) is 0 Å². The predicted molar refractivity (Wildman–Crippen MR) is 22.3 cm³/mol. The molecule has 0 saturated carbocycles. The maximum absolute atomic E-state index is 10.0. The van der Waals surface area contributed by atoms with E-state index in [2.05, 4.69) is 5.10 Å². The van der Waals surface area contributed by atoms with Gasteiger partial charge >= 0.3 is 0 Å². The molecule has 0 saturated heterocycles. The summed E-state index contributed by atoms with van der Waals surface area (Å²) in [7, 11) is 0. The molecule has 3 heteroatoms. The minimum atomic E-state index is 0.0231. The summed E-state index contributed by atoms with van der Waals surface area (Å²) in [5, 5.41) is 13.5. The first-order valence-electron chi connectivity index (χ1n) is 1.95. The molecule has 1 rings (SSSR count). The maximum atomic E-state index is 10.0. The van der Waals surface area contributed by atoms with E-state index < -0.39 is 0 Å². The fourth-order valence-corrected chi connectivity index (χ4v) is 0.419. The van der Waals surface area contributed by atoms with Crippen molar-refractivity contribution in [3.63, 3.8) is 0 Å². The Hall–Kier alpha value is -0.410. The van der Waals surface area contributed by atoms with Gasteiger partial charge in [0.05, 0.1) is 6.21 Å². The molecule has 1 heterocycles. The third kappa shape index (κ3) is 0.555. The second-order valence-corrected chi connectivity index (χ2v) is 1.24. The van der Waals surface area contributed by atoms with E-state index in [1.54, 1.807) is 6.21 Å². The van der Waals surface area contributed by atoms with Crippen molar-refractivity contribution < 1.29 is 5.17 Å². The molecule has 0 radical (unpaired) electrons. The van der Waals surface area contributed by atoms with Crippen LogP contribution in [0.4, 0.5) is 0 Å². The number of rotatable bonds is 0. The van der Waals surface area contributed by atoms with Gasteiger partial charge in [0, 0.05) is 6.42 Å². The third-order valence-electron chi connectivity index (χ3n) is 0.723. The van der Waals surface area contributed by atoms with Crippen LogP contribution < -0.4 is 5.17 Å². The van der Waals surface area contributed by atoms with Crippen LogP contribution in [-0.4, -0.2) is 12.8 Å². The molecular formula is C3H6N2O. The van der Waals surface area contributed by atoms with Crippen molar-refractivity contribution in [2.75, 3.05) is 6.54 Å². The smallest absolute Gasteiger partial charge is 0.106 e. The molecule has 0 aromatic rings. The molecule has 3 nitrogen and oxygen atoms in total. The lowest BCUT2D eigenvalue weighted by molar-refractivity contribution is -0.848. The molecule has 0 bridgehead atoms. The highest BCUT2D eigenvalue weighted by Crippen LogP contribution is 1.69. The summed E-state index contributed by atoms with van der Waals surface area (Å²) >= 11 is 0. The number of hydrogen-bond donors (Lipinski definition) is 1. The van der Waals surface area contributed by atoms with Crippen molar-refractivity contribution in [1.29, 1.82) is 0 Å². The summed E-state index contributed by atoms with van der Waals surface area (Å²) in [4.78, 5) is 0. The summed E-state index contributed by atoms with van der Waals surface area (Å²) in [5.74, 6) is 0. The zero-order chi connectivity index (χ0) is 4.41. The van der Waals surface area contributed by atoms with Gasteiger partial charge in [-0.3, -0.25) is 0 Å². The molecule has 1 aliphatic heterocycles. The molecule has 6 heavy (non-hydrogen) atoms. The maximum Gasteiger partial charge on any atom is 0.106 e. The van der Waals surface area contributed by atoms with Gasteiger partial charge in [-0.1, -0.05) is 5.10 Å². The van der Waals surface area contributed by atoms with E-state index in [9.17, 15) is 5.21 Å². The van der Waals surface area contributed by atoms with E-state index in [0.29, 0.717) is 6.54 Å². The van der Waals surface area contributed by atoms with Crippen molar-refractivity contribution >= 4 is 6.21 Å². The molecule has 1 aliphatic rings. The van der Waals surface area contributed by atoms with Crippen LogP contribution >= 0.6 is 0 Å². The molecule has 1 unspecified atom stereocenters. The summed E-state index contributed by atoms with van der Waals surface area (Å²) < 4.78 is 0. The molecule has 0 spiro atoms. The monoisotopic (exact) mass is 86.0 g/mol. The van der Waals surface area contributed by atoms with Crippen LogP contribution in [0.1, 0.15) is 6.42 Å². The first kappa shape index (κ1) is 3.77. The average Bonchev–Trinajstić information content (AvgIpc) is 1.86. The van der Waals surface area contributed by atoms with Gasteiger partial charge in [-0.2, -0.15) is 0 Å². The number of hydroxylamine groups is 1. The van der Waals surface area contributed by atoms with Crippen molar-refractivity contribution in [1.82, 2.24) is 0 Å². The molecule has 0 fully saturated rings. The van der Waals surface area contributed by atoms with E-state index in [4.69, 9.17) is 0 Å². The minimum absolute atomic E-state index is 0.0231. The predicted octanol–water partition coefficient (Wildman–Crippen LogP) is -1.24. The minimum Gasteiger partial charge on any atom is -0.606 e. The first-order chi connectivity index (χ1) is 2.89. The SMILES string of the molecule is [O-][NH+]1CCC=N1. The Balaban J connectivity index is 2.38. The standard InChI is InChI=1S/C3H6N2O/c6-5-3-1-2-4-5/h2,5H,1,3H2. The van der Waals surface area contributed by atoms with E-state index in [0.717, 1.165) is 6.42 Å². The molecule has 0 aromatic carbocycles. The highest BCUT2D eigenvalue weighted by molar-refractivity contribution is 5.57. The second kappa shape index (κ2) is 1.36. The zero-order valence-corrected chi connectivity index (χ0v) is 3.35. The fourth-order valence-electron chi connectivity index (χ4n) is 0.419. The van der Waals surface area contributed by atoms with Gasteiger partial charge in [-0.15, -0.1) is 0 Å². The normalized spacial score (nSPS) is 31.8. The Kier molecular flexibility index (Phi) is 0.856. The lowest BCUT2D eigenvalue weighted by Gasteiger charge is -2.05. The van der Waals surface area contributed by atoms with Gasteiger partial charge in [0.2, 0.25) is 0 Å². The summed E-state index contributed by atoms with van der Waals surface area (Å²) in [6.45, 7) is 0.625. The van der Waals surface area contributed by atoms with Crippen molar-refractivity contribution in [3.05, 3.63) is 5.21 Å². The van der Waals surface area contributed by atoms with Crippen molar-refractivity contribution in [3.8, 4) is 0 Å². The Bertz CT molecular complexity index is 71.2. The van der Waals surface area contributed by atoms with Crippen LogP contribution in [0.15, 0.2) is 5.10 Å². The summed E-state index contributed by atoms with van der Waals surface area (Å²) in [6, 6.07) is 0. The van der Waals surface area contributed by atoms with Crippen LogP contribution in [0.25, 0.3) is 0 Å². The summed E-state index contributed by atoms with van der Waals surface area (Å²) in [5.41, 5.74) is 0. The van der Waals surface area contributed by atoms with E-state index >= 15 is 0 Å². The van der Waals surface area contributed by atoms with Crippen LogP contribution in [0, 0.1) is 5.21 Å². The number of nitrogens with one attached hydrogen (secondary N) is 1. The number of nitrogens with zero attached hydrogens (tertiary/aromatic N) is 1.